The van der Waals surface area contributed by atoms with Gasteiger partial charge in [-0.3, -0.25) is 4.79 Å². The number of benzene rings is 3. The van der Waals surface area contributed by atoms with Gasteiger partial charge < -0.3 is 28.1 Å². The van der Waals surface area contributed by atoms with Gasteiger partial charge >= 0.3 is 5.97 Å². The number of carbonyl (C=O) groups is 1. The van der Waals surface area contributed by atoms with Gasteiger partial charge in [-0.2, -0.15) is 0 Å². The fraction of sp³-hybridized carbons (Fsp3) is 0.241. The highest BCUT2D eigenvalue weighted by Crippen LogP contribution is 2.39. The SMILES string of the molecule is CCOc1cc(C(=O)Oc2ccc3c(=O)c(Oc4ccc(C)cc4)coc3c2)cc(OCC)c1OCC. The standard InChI is InChI=1S/C29H28O8/c1-5-32-24-14-19(15-25(33-6-2)28(24)34-7-3)29(31)37-21-12-13-22-23(16-21)35-17-26(27(22)30)36-20-10-8-18(4)9-11-20/h8-17H,5-7H2,1-4H3. The molecule has 1 aromatic heterocycles. The fourth-order valence-corrected chi connectivity index (χ4v) is 3.63. The maximum Gasteiger partial charge on any atom is 0.343 e. The molecule has 0 fully saturated rings. The molecule has 0 amide bonds. The van der Waals surface area contributed by atoms with Crippen molar-refractivity contribution in [2.75, 3.05) is 19.8 Å². The number of carbonyl (C=O) groups excluding carboxylic acids is 1. The van der Waals surface area contributed by atoms with Crippen LogP contribution in [0, 0.1) is 6.92 Å². The van der Waals surface area contributed by atoms with Gasteiger partial charge in [-0.25, -0.2) is 4.79 Å². The first kappa shape index (κ1) is 25.6. The van der Waals surface area contributed by atoms with Crippen LogP contribution in [0.4, 0.5) is 0 Å². The van der Waals surface area contributed by atoms with Crippen LogP contribution in [-0.4, -0.2) is 25.8 Å². The van der Waals surface area contributed by atoms with E-state index in [9.17, 15) is 9.59 Å². The van der Waals surface area contributed by atoms with Crippen LogP contribution in [0.5, 0.6) is 34.5 Å². The molecule has 37 heavy (non-hydrogen) atoms. The predicted octanol–water partition coefficient (Wildman–Crippen LogP) is 6.31. The van der Waals surface area contributed by atoms with E-state index >= 15 is 0 Å². The molecule has 0 radical (unpaired) electrons. The molecule has 0 N–H and O–H groups in total. The Hall–Kier alpha value is -4.46. The minimum absolute atomic E-state index is 0.0578. The van der Waals surface area contributed by atoms with E-state index in [0.717, 1.165) is 5.56 Å². The molecular formula is C29H28O8. The van der Waals surface area contributed by atoms with Crippen molar-refractivity contribution >= 4 is 16.9 Å². The molecule has 0 saturated carbocycles. The molecule has 0 unspecified atom stereocenters. The summed E-state index contributed by atoms with van der Waals surface area (Å²) in [5, 5.41) is 0.294. The van der Waals surface area contributed by atoms with Crippen LogP contribution in [0.25, 0.3) is 11.0 Å². The second-order valence-electron chi connectivity index (χ2n) is 7.99. The lowest BCUT2D eigenvalue weighted by Gasteiger charge is -2.16. The highest BCUT2D eigenvalue weighted by Gasteiger charge is 2.20. The van der Waals surface area contributed by atoms with Crippen LogP contribution in [0.3, 0.4) is 0 Å². The van der Waals surface area contributed by atoms with Crippen molar-refractivity contribution in [3.8, 4) is 34.5 Å². The van der Waals surface area contributed by atoms with Crippen molar-refractivity contribution in [2.24, 2.45) is 0 Å². The predicted molar refractivity (Wildman–Crippen MR) is 139 cm³/mol. The first-order valence-corrected chi connectivity index (χ1v) is 12.0. The van der Waals surface area contributed by atoms with Crippen LogP contribution in [-0.2, 0) is 0 Å². The fourth-order valence-electron chi connectivity index (χ4n) is 3.63. The number of esters is 1. The number of hydrogen-bond donors (Lipinski definition) is 0. The molecule has 0 atom stereocenters. The summed E-state index contributed by atoms with van der Waals surface area (Å²) >= 11 is 0. The number of aryl methyl sites for hydroxylation is 1. The van der Waals surface area contributed by atoms with E-state index in [-0.39, 0.29) is 28.1 Å². The smallest absolute Gasteiger partial charge is 0.343 e. The van der Waals surface area contributed by atoms with E-state index in [1.807, 2.05) is 39.8 Å². The lowest BCUT2D eigenvalue weighted by molar-refractivity contribution is 0.0733. The maximum absolute atomic E-state index is 13.0. The van der Waals surface area contributed by atoms with Gasteiger partial charge in [-0.05, 0) is 64.1 Å². The molecule has 8 nitrogen and oxygen atoms in total. The minimum atomic E-state index is -0.633. The zero-order valence-corrected chi connectivity index (χ0v) is 21.2. The van der Waals surface area contributed by atoms with Crippen molar-refractivity contribution < 1.29 is 32.9 Å². The molecule has 192 valence electrons. The molecule has 0 saturated heterocycles. The van der Waals surface area contributed by atoms with Gasteiger partial charge in [0.25, 0.3) is 0 Å². The van der Waals surface area contributed by atoms with Gasteiger partial charge in [-0.15, -0.1) is 0 Å². The second-order valence-corrected chi connectivity index (χ2v) is 7.99. The Morgan fingerprint density at radius 2 is 1.41 bits per heavy atom. The van der Waals surface area contributed by atoms with E-state index in [1.54, 1.807) is 24.3 Å². The van der Waals surface area contributed by atoms with Crippen LogP contribution in [0.1, 0.15) is 36.7 Å². The molecule has 0 spiro atoms. The van der Waals surface area contributed by atoms with Crippen molar-refractivity contribution in [2.45, 2.75) is 27.7 Å². The molecular weight excluding hydrogens is 476 g/mol. The quantitative estimate of drug-likeness (QED) is 0.183. The third kappa shape index (κ3) is 5.86. The zero-order valence-electron chi connectivity index (χ0n) is 21.2. The molecule has 1 heterocycles. The topological polar surface area (TPSA) is 93.4 Å². The highest BCUT2D eigenvalue weighted by atomic mass is 16.5. The van der Waals surface area contributed by atoms with Crippen LogP contribution in [0.2, 0.25) is 0 Å². The van der Waals surface area contributed by atoms with E-state index in [4.69, 9.17) is 28.1 Å². The van der Waals surface area contributed by atoms with E-state index < -0.39 is 5.97 Å². The molecule has 0 bridgehead atoms. The van der Waals surface area contributed by atoms with Crippen LogP contribution < -0.4 is 29.1 Å². The molecule has 4 rings (SSSR count). The average Bonchev–Trinajstić information content (AvgIpc) is 2.89. The van der Waals surface area contributed by atoms with Crippen molar-refractivity contribution in [1.82, 2.24) is 0 Å². The summed E-state index contributed by atoms with van der Waals surface area (Å²) in [5.41, 5.74) is 1.21. The Labute approximate surface area is 214 Å². The summed E-state index contributed by atoms with van der Waals surface area (Å²) in [6.07, 6.45) is 1.24. The lowest BCUT2D eigenvalue weighted by Crippen LogP contribution is -2.11. The van der Waals surface area contributed by atoms with Gasteiger partial charge in [-0.1, -0.05) is 17.7 Å². The highest BCUT2D eigenvalue weighted by molar-refractivity contribution is 5.93. The second kappa shape index (κ2) is 11.5. The van der Waals surface area contributed by atoms with Crippen molar-refractivity contribution in [3.05, 3.63) is 82.2 Å². The van der Waals surface area contributed by atoms with E-state index in [2.05, 4.69) is 0 Å². The summed E-state index contributed by atoms with van der Waals surface area (Å²) < 4.78 is 33.9. The third-order valence-corrected chi connectivity index (χ3v) is 5.32. The van der Waals surface area contributed by atoms with Gasteiger partial charge in [0.2, 0.25) is 16.9 Å². The van der Waals surface area contributed by atoms with Gasteiger partial charge in [0.05, 0.1) is 30.8 Å². The lowest BCUT2D eigenvalue weighted by atomic mass is 10.1. The number of hydrogen-bond acceptors (Lipinski definition) is 8. The monoisotopic (exact) mass is 504 g/mol. The Morgan fingerprint density at radius 3 is 2.03 bits per heavy atom. The maximum atomic E-state index is 13.0. The van der Waals surface area contributed by atoms with Crippen molar-refractivity contribution in [1.29, 1.82) is 0 Å². The third-order valence-electron chi connectivity index (χ3n) is 5.32. The Kier molecular flexibility index (Phi) is 7.98. The number of ether oxygens (including phenoxy) is 5. The number of rotatable bonds is 10. The summed E-state index contributed by atoms with van der Waals surface area (Å²) in [6, 6.07) is 15.0. The summed E-state index contributed by atoms with van der Waals surface area (Å²) in [4.78, 5) is 25.9. The largest absolute Gasteiger partial charge is 0.490 e. The Bertz CT molecular complexity index is 1430. The summed E-state index contributed by atoms with van der Waals surface area (Å²) in [6.45, 7) is 8.65. The Morgan fingerprint density at radius 1 is 0.784 bits per heavy atom. The molecule has 0 aliphatic heterocycles. The van der Waals surface area contributed by atoms with Crippen LogP contribution >= 0.6 is 0 Å². The van der Waals surface area contributed by atoms with Gasteiger partial charge in [0.15, 0.2) is 11.5 Å². The van der Waals surface area contributed by atoms with Gasteiger partial charge in [0, 0.05) is 6.07 Å². The zero-order chi connectivity index (χ0) is 26.4. The van der Waals surface area contributed by atoms with E-state index in [1.165, 1.54) is 24.5 Å². The average molecular weight is 505 g/mol. The summed E-state index contributed by atoms with van der Waals surface area (Å²) in [7, 11) is 0. The molecule has 4 aromatic rings. The first-order chi connectivity index (χ1) is 17.9. The molecule has 8 heteroatoms. The molecule has 0 aliphatic carbocycles. The normalized spacial score (nSPS) is 10.7. The first-order valence-electron chi connectivity index (χ1n) is 12.0. The molecule has 0 aliphatic rings. The van der Waals surface area contributed by atoms with Gasteiger partial charge in [0.1, 0.15) is 23.3 Å². The minimum Gasteiger partial charge on any atom is -0.490 e. The molecule has 3 aromatic carbocycles. The van der Waals surface area contributed by atoms with Crippen LogP contribution in [0.15, 0.2) is 70.1 Å². The van der Waals surface area contributed by atoms with E-state index in [0.29, 0.717) is 48.2 Å². The Balaban J connectivity index is 1.59. The summed E-state index contributed by atoms with van der Waals surface area (Å²) in [5.74, 6) is 1.35. The number of fused-ring (bicyclic) bond motifs is 1. The van der Waals surface area contributed by atoms with Crippen molar-refractivity contribution in [3.63, 3.8) is 0 Å².